The second-order valence-corrected chi connectivity index (χ2v) is 5.63. The van der Waals surface area contributed by atoms with Gasteiger partial charge < -0.3 is 9.64 Å². The molecule has 0 aliphatic carbocycles. The van der Waals surface area contributed by atoms with Crippen LogP contribution in [0.4, 0.5) is 0 Å². The van der Waals surface area contributed by atoms with Gasteiger partial charge >= 0.3 is 0 Å². The molecule has 7 heteroatoms. The van der Waals surface area contributed by atoms with Crippen molar-refractivity contribution in [2.24, 2.45) is 7.05 Å². The number of carbonyl (C=O) groups is 1. The number of likely N-dealkylation sites (N-methyl/N-ethyl adjacent to an activating group) is 1. The number of aromatic nitrogens is 2. The first kappa shape index (κ1) is 16.2. The van der Waals surface area contributed by atoms with E-state index in [9.17, 15) is 9.59 Å². The normalized spacial score (nSPS) is 10.3. The Morgan fingerprint density at radius 3 is 2.59 bits per heavy atom. The molecule has 2 rings (SSSR count). The summed E-state index contributed by atoms with van der Waals surface area (Å²) in [6.07, 6.45) is 0. The van der Waals surface area contributed by atoms with Crippen molar-refractivity contribution in [3.63, 3.8) is 0 Å². The van der Waals surface area contributed by atoms with E-state index in [0.29, 0.717) is 13.2 Å². The van der Waals surface area contributed by atoms with E-state index in [2.05, 4.69) is 21.0 Å². The maximum atomic E-state index is 12.2. The molecule has 1 aromatic carbocycles. The average Bonchev–Trinajstić information content (AvgIpc) is 2.51. The summed E-state index contributed by atoms with van der Waals surface area (Å²) in [6, 6.07) is 10.2. The maximum absolute atomic E-state index is 12.2. The maximum Gasteiger partial charge on any atom is 0.274 e. The highest BCUT2D eigenvalue weighted by atomic mass is 79.9. The van der Waals surface area contributed by atoms with Gasteiger partial charge in [-0.25, -0.2) is 4.68 Å². The van der Waals surface area contributed by atoms with Crippen LogP contribution in [0, 0.1) is 0 Å². The van der Waals surface area contributed by atoms with E-state index >= 15 is 0 Å². The Morgan fingerprint density at radius 1 is 1.27 bits per heavy atom. The Morgan fingerprint density at radius 2 is 1.95 bits per heavy atom. The van der Waals surface area contributed by atoms with Crippen molar-refractivity contribution in [1.29, 1.82) is 0 Å². The van der Waals surface area contributed by atoms with Gasteiger partial charge in [-0.1, -0.05) is 15.9 Å². The van der Waals surface area contributed by atoms with Crippen LogP contribution in [-0.4, -0.2) is 40.8 Å². The summed E-state index contributed by atoms with van der Waals surface area (Å²) in [5.74, 6) is 0.485. The fourth-order valence-electron chi connectivity index (χ4n) is 1.74. The molecule has 1 aromatic heterocycles. The van der Waals surface area contributed by atoms with E-state index in [1.165, 1.54) is 24.1 Å². The summed E-state index contributed by atoms with van der Waals surface area (Å²) < 4.78 is 7.69. The Balaban J connectivity index is 1.89. The van der Waals surface area contributed by atoms with Gasteiger partial charge in [-0.3, -0.25) is 9.59 Å². The van der Waals surface area contributed by atoms with Crippen molar-refractivity contribution in [2.45, 2.75) is 0 Å². The molecule has 6 nitrogen and oxygen atoms in total. The van der Waals surface area contributed by atoms with E-state index in [-0.39, 0.29) is 17.2 Å². The van der Waals surface area contributed by atoms with Gasteiger partial charge in [0, 0.05) is 24.6 Å². The summed E-state index contributed by atoms with van der Waals surface area (Å²) in [7, 11) is 3.18. The van der Waals surface area contributed by atoms with Crippen LogP contribution in [0.1, 0.15) is 10.5 Å². The second kappa shape index (κ2) is 7.22. The topological polar surface area (TPSA) is 64.4 Å². The molecule has 0 radical (unpaired) electrons. The quantitative estimate of drug-likeness (QED) is 0.808. The van der Waals surface area contributed by atoms with Crippen molar-refractivity contribution in [1.82, 2.24) is 14.7 Å². The van der Waals surface area contributed by atoms with Gasteiger partial charge in [0.05, 0.1) is 6.54 Å². The average molecular weight is 366 g/mol. The molecule has 0 spiro atoms. The zero-order valence-corrected chi connectivity index (χ0v) is 13.9. The summed E-state index contributed by atoms with van der Waals surface area (Å²) >= 11 is 3.35. The third-order valence-corrected chi connectivity index (χ3v) is 3.56. The van der Waals surface area contributed by atoms with E-state index in [0.717, 1.165) is 14.9 Å². The second-order valence-electron chi connectivity index (χ2n) is 4.71. The minimum Gasteiger partial charge on any atom is -0.492 e. The van der Waals surface area contributed by atoms with Gasteiger partial charge in [-0.05, 0) is 30.3 Å². The van der Waals surface area contributed by atoms with Gasteiger partial charge in [0.2, 0.25) is 0 Å². The van der Waals surface area contributed by atoms with Crippen LogP contribution in [-0.2, 0) is 7.05 Å². The monoisotopic (exact) mass is 365 g/mol. The molecule has 116 valence electrons. The van der Waals surface area contributed by atoms with Gasteiger partial charge in [0.15, 0.2) is 0 Å². The molecule has 0 atom stereocenters. The summed E-state index contributed by atoms with van der Waals surface area (Å²) in [5.41, 5.74) is -0.0222. The highest BCUT2D eigenvalue weighted by Crippen LogP contribution is 2.15. The van der Waals surface area contributed by atoms with Crippen LogP contribution in [0.15, 0.2) is 45.7 Å². The lowest BCUT2D eigenvalue weighted by Gasteiger charge is -2.17. The number of hydrogen-bond acceptors (Lipinski definition) is 4. The molecule has 0 unspecified atom stereocenters. The standard InChI is InChI=1S/C15H16BrN3O3/c1-18(9-10-22-12-5-3-11(16)4-6-12)15(21)13-7-8-14(20)19(2)17-13/h3-8H,9-10H2,1-2H3. The van der Waals surface area contributed by atoms with Gasteiger partial charge in [0.25, 0.3) is 11.5 Å². The van der Waals surface area contributed by atoms with Crippen molar-refractivity contribution < 1.29 is 9.53 Å². The van der Waals surface area contributed by atoms with E-state index in [4.69, 9.17) is 4.74 Å². The lowest BCUT2D eigenvalue weighted by atomic mass is 10.3. The highest BCUT2D eigenvalue weighted by molar-refractivity contribution is 9.10. The van der Waals surface area contributed by atoms with Crippen molar-refractivity contribution in [2.75, 3.05) is 20.2 Å². The van der Waals surface area contributed by atoms with Crippen LogP contribution in [0.5, 0.6) is 5.75 Å². The van der Waals surface area contributed by atoms with E-state index in [1.54, 1.807) is 7.05 Å². The van der Waals surface area contributed by atoms with Crippen LogP contribution in [0.3, 0.4) is 0 Å². The molecule has 0 aliphatic rings. The Labute approximate surface area is 136 Å². The Bertz CT molecular complexity index is 713. The molecule has 1 amide bonds. The first-order valence-electron chi connectivity index (χ1n) is 6.65. The molecule has 22 heavy (non-hydrogen) atoms. The minimum absolute atomic E-state index is 0.230. The lowest BCUT2D eigenvalue weighted by molar-refractivity contribution is 0.0765. The van der Waals surface area contributed by atoms with Gasteiger partial charge in [-0.2, -0.15) is 5.10 Å². The van der Waals surface area contributed by atoms with Crippen molar-refractivity contribution in [3.05, 3.63) is 56.9 Å². The summed E-state index contributed by atoms with van der Waals surface area (Å²) in [4.78, 5) is 25.0. The zero-order valence-electron chi connectivity index (χ0n) is 12.3. The molecule has 0 fully saturated rings. The van der Waals surface area contributed by atoms with E-state index < -0.39 is 0 Å². The molecule has 0 saturated heterocycles. The molecule has 2 aromatic rings. The van der Waals surface area contributed by atoms with Crippen molar-refractivity contribution >= 4 is 21.8 Å². The van der Waals surface area contributed by atoms with Crippen LogP contribution in [0.25, 0.3) is 0 Å². The smallest absolute Gasteiger partial charge is 0.274 e. The molecule has 1 heterocycles. The fourth-order valence-corrected chi connectivity index (χ4v) is 2.01. The zero-order chi connectivity index (χ0) is 16.1. The number of amides is 1. The van der Waals surface area contributed by atoms with Crippen molar-refractivity contribution in [3.8, 4) is 5.75 Å². The first-order chi connectivity index (χ1) is 10.5. The first-order valence-corrected chi connectivity index (χ1v) is 7.45. The predicted octanol–water partition coefficient (Wildman–Crippen LogP) is 1.69. The highest BCUT2D eigenvalue weighted by Gasteiger charge is 2.14. The molecule has 0 saturated carbocycles. The molecule has 0 bridgehead atoms. The lowest BCUT2D eigenvalue weighted by Crippen LogP contribution is -2.33. The van der Waals surface area contributed by atoms with Crippen LogP contribution >= 0.6 is 15.9 Å². The largest absolute Gasteiger partial charge is 0.492 e. The number of rotatable bonds is 5. The molecular formula is C15H16BrN3O3. The number of nitrogens with zero attached hydrogens (tertiary/aromatic N) is 3. The number of aryl methyl sites for hydroxylation is 1. The molecular weight excluding hydrogens is 350 g/mol. The fraction of sp³-hybridized carbons (Fsp3) is 0.267. The third kappa shape index (κ3) is 4.17. The van der Waals surface area contributed by atoms with E-state index in [1.807, 2.05) is 24.3 Å². The van der Waals surface area contributed by atoms with Gasteiger partial charge in [-0.15, -0.1) is 0 Å². The molecule has 0 aliphatic heterocycles. The number of ether oxygens (including phenoxy) is 1. The minimum atomic E-state index is -0.255. The van der Waals surface area contributed by atoms with Crippen LogP contribution in [0.2, 0.25) is 0 Å². The number of carbonyl (C=O) groups excluding carboxylic acids is 1. The Kier molecular flexibility index (Phi) is 5.32. The summed E-state index contributed by atoms with van der Waals surface area (Å²) in [5, 5.41) is 3.94. The van der Waals surface area contributed by atoms with Crippen LogP contribution < -0.4 is 10.3 Å². The number of halogens is 1. The molecule has 0 N–H and O–H groups in total. The number of benzene rings is 1. The SMILES string of the molecule is CN(CCOc1ccc(Br)cc1)C(=O)c1ccc(=O)n(C)n1. The Hall–Kier alpha value is -2.15. The predicted molar refractivity (Wildman–Crippen MR) is 86.1 cm³/mol. The summed E-state index contributed by atoms with van der Waals surface area (Å²) in [6.45, 7) is 0.787. The third-order valence-electron chi connectivity index (χ3n) is 3.04. The number of hydrogen-bond donors (Lipinski definition) is 0. The van der Waals surface area contributed by atoms with Gasteiger partial charge in [0.1, 0.15) is 18.1 Å².